The molecule has 0 atom stereocenters. The van der Waals surface area contributed by atoms with Gasteiger partial charge in [0.2, 0.25) is 0 Å². The van der Waals surface area contributed by atoms with Crippen LogP contribution in [0.1, 0.15) is 39.5 Å². The second-order valence-corrected chi connectivity index (χ2v) is 4.11. The molecular formula is C9H21O3P. The summed E-state index contributed by atoms with van der Waals surface area (Å²) in [5.41, 5.74) is 0. The molecule has 0 aliphatic heterocycles. The summed E-state index contributed by atoms with van der Waals surface area (Å²) in [7, 11) is 0.547. The van der Waals surface area contributed by atoms with Crippen molar-refractivity contribution in [3.63, 3.8) is 0 Å². The van der Waals surface area contributed by atoms with Gasteiger partial charge in [0.25, 0.3) is 0 Å². The molecule has 0 radical (unpaired) electrons. The van der Waals surface area contributed by atoms with Crippen molar-refractivity contribution in [3.8, 4) is 0 Å². The summed E-state index contributed by atoms with van der Waals surface area (Å²) < 4.78 is 15.9. The molecule has 4 heteroatoms. The van der Waals surface area contributed by atoms with Gasteiger partial charge < -0.3 is 13.6 Å². The van der Waals surface area contributed by atoms with E-state index in [-0.39, 0.29) is 0 Å². The standard InChI is InChI=1S/C9H21O3P/c1-4-6-8-11-13(10-3)12-9-7-5-2/h4-9H2,1-3H3. The first kappa shape index (κ1) is 13.3. The van der Waals surface area contributed by atoms with Gasteiger partial charge in [-0.3, -0.25) is 0 Å². The third-order valence-electron chi connectivity index (χ3n) is 1.54. The Kier molecular flexibility index (Phi) is 10.6. The predicted octanol–water partition coefficient (Wildman–Crippen LogP) is 3.49. The average molecular weight is 208 g/mol. The van der Waals surface area contributed by atoms with E-state index in [1.165, 1.54) is 0 Å². The molecule has 0 saturated heterocycles. The van der Waals surface area contributed by atoms with Crippen LogP contribution in [0.5, 0.6) is 0 Å². The van der Waals surface area contributed by atoms with Gasteiger partial charge in [-0.2, -0.15) is 0 Å². The quantitative estimate of drug-likeness (QED) is 0.428. The molecule has 0 saturated carbocycles. The molecule has 0 N–H and O–H groups in total. The molecular weight excluding hydrogens is 187 g/mol. The lowest BCUT2D eigenvalue weighted by Gasteiger charge is -2.13. The minimum Gasteiger partial charge on any atom is -0.316 e. The highest BCUT2D eigenvalue weighted by molar-refractivity contribution is 7.41. The molecule has 3 nitrogen and oxygen atoms in total. The van der Waals surface area contributed by atoms with Gasteiger partial charge in [-0.15, -0.1) is 0 Å². The Balaban J connectivity index is 3.28. The van der Waals surface area contributed by atoms with E-state index < -0.39 is 8.60 Å². The van der Waals surface area contributed by atoms with Crippen LogP contribution < -0.4 is 0 Å². The zero-order chi connectivity index (χ0) is 9.94. The van der Waals surface area contributed by atoms with Gasteiger partial charge in [0.15, 0.2) is 0 Å². The third kappa shape index (κ3) is 8.63. The van der Waals surface area contributed by atoms with E-state index >= 15 is 0 Å². The SMILES string of the molecule is CCCCOP(OC)OCCCC. The van der Waals surface area contributed by atoms with Crippen molar-refractivity contribution in [2.75, 3.05) is 20.3 Å². The molecule has 0 fully saturated rings. The van der Waals surface area contributed by atoms with Crippen molar-refractivity contribution in [1.29, 1.82) is 0 Å². The highest BCUT2D eigenvalue weighted by atomic mass is 31.2. The second kappa shape index (κ2) is 10.4. The molecule has 0 unspecified atom stereocenters. The molecule has 0 aliphatic rings. The number of rotatable bonds is 9. The van der Waals surface area contributed by atoms with Gasteiger partial charge in [0.1, 0.15) is 0 Å². The second-order valence-electron chi connectivity index (χ2n) is 2.78. The van der Waals surface area contributed by atoms with E-state index in [2.05, 4.69) is 13.8 Å². The molecule has 0 bridgehead atoms. The highest BCUT2D eigenvalue weighted by Crippen LogP contribution is 2.38. The molecule has 0 amide bonds. The Morgan fingerprint density at radius 1 is 0.923 bits per heavy atom. The molecule has 0 rings (SSSR count). The Bertz CT molecular complexity index is 90.9. The Morgan fingerprint density at radius 2 is 1.38 bits per heavy atom. The van der Waals surface area contributed by atoms with E-state index in [1.807, 2.05) is 0 Å². The van der Waals surface area contributed by atoms with Crippen molar-refractivity contribution in [3.05, 3.63) is 0 Å². The zero-order valence-corrected chi connectivity index (χ0v) is 9.81. The van der Waals surface area contributed by atoms with Gasteiger partial charge in [-0.1, -0.05) is 26.7 Å². The lowest BCUT2D eigenvalue weighted by atomic mass is 10.4. The van der Waals surface area contributed by atoms with Gasteiger partial charge in [0, 0.05) is 7.11 Å². The van der Waals surface area contributed by atoms with Crippen molar-refractivity contribution >= 4 is 8.60 Å². The lowest BCUT2D eigenvalue weighted by molar-refractivity contribution is 0.177. The van der Waals surface area contributed by atoms with Gasteiger partial charge in [-0.25, -0.2) is 0 Å². The maximum absolute atomic E-state index is 5.40. The largest absolute Gasteiger partial charge is 0.332 e. The van der Waals surface area contributed by atoms with E-state index in [0.29, 0.717) is 0 Å². The molecule has 0 aromatic rings. The fourth-order valence-electron chi connectivity index (χ4n) is 0.710. The summed E-state index contributed by atoms with van der Waals surface area (Å²) in [5.74, 6) is 0. The summed E-state index contributed by atoms with van der Waals surface area (Å²) in [6.07, 6.45) is 4.42. The number of hydrogen-bond donors (Lipinski definition) is 0. The van der Waals surface area contributed by atoms with Gasteiger partial charge in [-0.05, 0) is 12.8 Å². The van der Waals surface area contributed by atoms with Crippen molar-refractivity contribution in [2.24, 2.45) is 0 Å². The first-order valence-corrected chi connectivity index (χ1v) is 6.04. The van der Waals surface area contributed by atoms with Crippen molar-refractivity contribution in [2.45, 2.75) is 39.5 Å². The van der Waals surface area contributed by atoms with E-state index in [4.69, 9.17) is 13.6 Å². The summed E-state index contributed by atoms with van der Waals surface area (Å²) in [6.45, 7) is 5.75. The molecule has 0 aromatic heterocycles. The molecule has 0 spiro atoms. The van der Waals surface area contributed by atoms with Crippen molar-refractivity contribution < 1.29 is 13.6 Å². The van der Waals surface area contributed by atoms with Crippen LogP contribution in [0.15, 0.2) is 0 Å². The maximum atomic E-state index is 5.40. The summed E-state index contributed by atoms with van der Waals surface area (Å²) in [5, 5.41) is 0. The first-order chi connectivity index (χ1) is 6.35. The van der Waals surface area contributed by atoms with Gasteiger partial charge >= 0.3 is 8.60 Å². The molecule has 80 valence electrons. The molecule has 0 aliphatic carbocycles. The van der Waals surface area contributed by atoms with Crippen LogP contribution in [0, 0.1) is 0 Å². The minimum absolute atomic E-state index is 0.738. The lowest BCUT2D eigenvalue weighted by Crippen LogP contribution is -1.96. The molecule has 13 heavy (non-hydrogen) atoms. The van der Waals surface area contributed by atoms with E-state index in [0.717, 1.165) is 38.9 Å². The minimum atomic E-state index is -1.08. The van der Waals surface area contributed by atoms with Crippen LogP contribution in [0.25, 0.3) is 0 Å². The van der Waals surface area contributed by atoms with Crippen LogP contribution >= 0.6 is 8.60 Å². The Hall–Kier alpha value is 0.310. The summed E-state index contributed by atoms with van der Waals surface area (Å²) in [4.78, 5) is 0. The van der Waals surface area contributed by atoms with Crippen molar-refractivity contribution in [1.82, 2.24) is 0 Å². The topological polar surface area (TPSA) is 27.7 Å². The summed E-state index contributed by atoms with van der Waals surface area (Å²) in [6, 6.07) is 0. The molecule has 0 aromatic carbocycles. The summed E-state index contributed by atoms with van der Waals surface area (Å²) >= 11 is 0. The van der Waals surface area contributed by atoms with Crippen LogP contribution in [0.3, 0.4) is 0 Å². The Morgan fingerprint density at radius 3 is 1.69 bits per heavy atom. The highest BCUT2D eigenvalue weighted by Gasteiger charge is 2.08. The van der Waals surface area contributed by atoms with E-state index in [1.54, 1.807) is 7.11 Å². The van der Waals surface area contributed by atoms with E-state index in [9.17, 15) is 0 Å². The van der Waals surface area contributed by atoms with Gasteiger partial charge in [0.05, 0.1) is 13.2 Å². The zero-order valence-electron chi connectivity index (χ0n) is 8.91. The van der Waals surface area contributed by atoms with Crippen LogP contribution in [0.4, 0.5) is 0 Å². The predicted molar refractivity (Wildman–Crippen MR) is 55.6 cm³/mol. The van der Waals surface area contributed by atoms with Crippen LogP contribution in [-0.2, 0) is 13.6 Å². The normalized spacial score (nSPS) is 11.1. The smallest absolute Gasteiger partial charge is 0.316 e. The third-order valence-corrected chi connectivity index (χ3v) is 2.62. The Labute approximate surface area is 82.8 Å². The first-order valence-electron chi connectivity index (χ1n) is 4.95. The fourth-order valence-corrected chi connectivity index (χ4v) is 1.55. The average Bonchev–Trinajstić information content (AvgIpc) is 2.16. The monoisotopic (exact) mass is 208 g/mol. The molecule has 0 heterocycles. The maximum Gasteiger partial charge on any atom is 0.332 e. The number of unbranched alkanes of at least 4 members (excludes halogenated alkanes) is 2. The van der Waals surface area contributed by atoms with Crippen LogP contribution in [0.2, 0.25) is 0 Å². The fraction of sp³-hybridized carbons (Fsp3) is 1.00. The van der Waals surface area contributed by atoms with Crippen LogP contribution in [-0.4, -0.2) is 20.3 Å². The number of hydrogen-bond acceptors (Lipinski definition) is 3.